The number of esters is 1. The molecule has 0 aliphatic heterocycles. The second-order valence-corrected chi connectivity index (χ2v) is 12.1. The van der Waals surface area contributed by atoms with E-state index < -0.39 is 47.5 Å². The molecule has 1 saturated carbocycles. The van der Waals surface area contributed by atoms with E-state index in [2.05, 4.69) is 0 Å². The van der Waals surface area contributed by atoms with Crippen molar-refractivity contribution in [3.8, 4) is 11.5 Å². The molecule has 2 unspecified atom stereocenters. The SMILES string of the molecule is CC(CC(c1ccc(OC(=O)OC(C)(C)C)c(OC(=O)OC(C)(C)C)c1)[C@H](N)C(=O)O)OC(=O)C1CCCCC1. The molecule has 0 radical (unpaired) electrons. The van der Waals surface area contributed by atoms with Gasteiger partial charge in [-0.1, -0.05) is 25.3 Å². The number of aliphatic carboxylic acids is 1. The highest BCUT2D eigenvalue weighted by molar-refractivity contribution is 5.75. The predicted molar refractivity (Wildman–Crippen MR) is 145 cm³/mol. The van der Waals surface area contributed by atoms with Crippen LogP contribution in [0.25, 0.3) is 0 Å². The molecule has 11 nitrogen and oxygen atoms in total. The molecule has 1 fully saturated rings. The third-order valence-corrected chi connectivity index (χ3v) is 6.12. The van der Waals surface area contributed by atoms with Crippen molar-refractivity contribution in [3.05, 3.63) is 23.8 Å². The number of carbonyl (C=O) groups is 4. The van der Waals surface area contributed by atoms with Gasteiger partial charge in [-0.2, -0.15) is 0 Å². The second-order valence-electron chi connectivity index (χ2n) is 12.1. The lowest BCUT2D eigenvalue weighted by molar-refractivity contribution is -0.155. The number of nitrogens with two attached hydrogens (primary N) is 1. The topological polar surface area (TPSA) is 161 Å². The highest BCUT2D eigenvalue weighted by Gasteiger charge is 2.32. The van der Waals surface area contributed by atoms with Crippen LogP contribution in [-0.2, 0) is 23.8 Å². The largest absolute Gasteiger partial charge is 0.514 e. The number of benzene rings is 1. The molecular formula is C29H43NO10. The Labute approximate surface area is 235 Å². The van der Waals surface area contributed by atoms with Crippen molar-refractivity contribution in [2.24, 2.45) is 11.7 Å². The number of carbonyl (C=O) groups excluding carboxylic acids is 3. The van der Waals surface area contributed by atoms with E-state index >= 15 is 0 Å². The number of rotatable bonds is 9. The lowest BCUT2D eigenvalue weighted by Gasteiger charge is -2.27. The molecule has 1 aromatic carbocycles. The summed E-state index contributed by atoms with van der Waals surface area (Å²) in [5, 5.41) is 9.71. The Bertz CT molecular complexity index is 1050. The quantitative estimate of drug-likeness (QED) is 0.214. The fraction of sp³-hybridized carbons (Fsp3) is 0.655. The zero-order chi connectivity index (χ0) is 30.3. The summed E-state index contributed by atoms with van der Waals surface area (Å²) in [5.41, 5.74) is 4.72. The van der Waals surface area contributed by atoms with Crippen LogP contribution < -0.4 is 15.2 Å². The molecule has 1 aromatic rings. The van der Waals surface area contributed by atoms with E-state index in [0.717, 1.165) is 32.1 Å². The average Bonchev–Trinajstić information content (AvgIpc) is 2.81. The molecule has 11 heteroatoms. The number of carboxylic acids is 1. The van der Waals surface area contributed by atoms with Crippen LogP contribution >= 0.6 is 0 Å². The van der Waals surface area contributed by atoms with E-state index in [1.165, 1.54) is 18.2 Å². The molecule has 2 rings (SSSR count). The van der Waals surface area contributed by atoms with Gasteiger partial charge in [-0.3, -0.25) is 9.59 Å². The van der Waals surface area contributed by atoms with Gasteiger partial charge in [0.05, 0.1) is 12.0 Å². The predicted octanol–water partition coefficient (Wildman–Crippen LogP) is 5.71. The summed E-state index contributed by atoms with van der Waals surface area (Å²) < 4.78 is 26.7. The third kappa shape index (κ3) is 11.0. The second kappa shape index (κ2) is 13.8. The first kappa shape index (κ1) is 32.9. The van der Waals surface area contributed by atoms with Gasteiger partial charge in [-0.05, 0) is 85.4 Å². The van der Waals surface area contributed by atoms with Gasteiger partial charge in [0, 0.05) is 5.92 Å². The van der Waals surface area contributed by atoms with Crippen LogP contribution in [0.4, 0.5) is 9.59 Å². The Hall–Kier alpha value is -3.34. The molecule has 1 aliphatic carbocycles. The summed E-state index contributed by atoms with van der Waals surface area (Å²) in [7, 11) is 0. The van der Waals surface area contributed by atoms with E-state index in [9.17, 15) is 24.3 Å². The Morgan fingerprint density at radius 1 is 0.900 bits per heavy atom. The van der Waals surface area contributed by atoms with Gasteiger partial charge in [0.25, 0.3) is 0 Å². The van der Waals surface area contributed by atoms with Crippen LogP contribution in [0.2, 0.25) is 0 Å². The molecule has 0 heterocycles. The molecule has 0 aromatic heterocycles. The fourth-order valence-corrected chi connectivity index (χ4v) is 4.34. The van der Waals surface area contributed by atoms with Crippen LogP contribution in [-0.4, -0.2) is 52.7 Å². The van der Waals surface area contributed by atoms with Crippen LogP contribution in [0.5, 0.6) is 11.5 Å². The molecule has 0 spiro atoms. The minimum absolute atomic E-state index is 0.0874. The number of hydrogen-bond acceptors (Lipinski definition) is 10. The van der Waals surface area contributed by atoms with Gasteiger partial charge in [-0.15, -0.1) is 0 Å². The summed E-state index contributed by atoms with van der Waals surface area (Å²) in [4.78, 5) is 49.4. The first-order valence-electron chi connectivity index (χ1n) is 13.6. The molecule has 3 N–H and O–H groups in total. The highest BCUT2D eigenvalue weighted by Crippen LogP contribution is 2.36. The van der Waals surface area contributed by atoms with Crippen LogP contribution in [0.15, 0.2) is 18.2 Å². The van der Waals surface area contributed by atoms with Crippen LogP contribution in [0, 0.1) is 5.92 Å². The van der Waals surface area contributed by atoms with Crippen molar-refractivity contribution in [1.29, 1.82) is 0 Å². The molecule has 0 bridgehead atoms. The fourth-order valence-electron chi connectivity index (χ4n) is 4.34. The summed E-state index contributed by atoms with van der Waals surface area (Å²) >= 11 is 0. The van der Waals surface area contributed by atoms with E-state index in [1.54, 1.807) is 48.5 Å². The molecule has 224 valence electrons. The van der Waals surface area contributed by atoms with Gasteiger partial charge >= 0.3 is 24.2 Å². The van der Waals surface area contributed by atoms with Gasteiger partial charge < -0.3 is 34.5 Å². The van der Waals surface area contributed by atoms with Gasteiger partial charge in [0.2, 0.25) is 0 Å². The maximum atomic E-state index is 12.7. The third-order valence-electron chi connectivity index (χ3n) is 6.12. The zero-order valence-corrected chi connectivity index (χ0v) is 24.5. The monoisotopic (exact) mass is 565 g/mol. The van der Waals surface area contributed by atoms with Crippen LogP contribution in [0.1, 0.15) is 98.5 Å². The minimum Gasteiger partial charge on any atom is -0.480 e. The minimum atomic E-state index is -1.37. The highest BCUT2D eigenvalue weighted by atomic mass is 16.8. The zero-order valence-electron chi connectivity index (χ0n) is 24.5. The maximum absolute atomic E-state index is 12.7. The Balaban J connectivity index is 2.36. The number of hydrogen-bond donors (Lipinski definition) is 2. The van der Waals surface area contributed by atoms with Crippen molar-refractivity contribution in [3.63, 3.8) is 0 Å². The normalized spacial score (nSPS) is 16.7. The molecule has 0 saturated heterocycles. The first-order valence-corrected chi connectivity index (χ1v) is 13.6. The molecular weight excluding hydrogens is 522 g/mol. The summed E-state index contributed by atoms with van der Waals surface area (Å²) in [6, 6.07) is 2.83. The van der Waals surface area contributed by atoms with Crippen molar-refractivity contribution in [1.82, 2.24) is 0 Å². The van der Waals surface area contributed by atoms with Crippen molar-refractivity contribution < 1.29 is 48.0 Å². The molecule has 1 aliphatic rings. The lowest BCUT2D eigenvalue weighted by atomic mass is 9.86. The van der Waals surface area contributed by atoms with Crippen molar-refractivity contribution >= 4 is 24.2 Å². The summed E-state index contributed by atoms with van der Waals surface area (Å²) in [6.07, 6.45) is 1.93. The lowest BCUT2D eigenvalue weighted by Crippen LogP contribution is -2.38. The van der Waals surface area contributed by atoms with E-state index in [4.69, 9.17) is 29.4 Å². The molecule has 40 heavy (non-hydrogen) atoms. The first-order chi connectivity index (χ1) is 18.4. The van der Waals surface area contributed by atoms with Gasteiger partial charge in [0.1, 0.15) is 17.2 Å². The Morgan fingerprint density at radius 3 is 1.93 bits per heavy atom. The smallest absolute Gasteiger partial charge is 0.480 e. The van der Waals surface area contributed by atoms with Crippen molar-refractivity contribution in [2.45, 2.75) is 116 Å². The number of ether oxygens (including phenoxy) is 5. The van der Waals surface area contributed by atoms with Gasteiger partial charge in [0.15, 0.2) is 11.5 Å². The number of carboxylic acid groups (broad SMARTS) is 1. The van der Waals surface area contributed by atoms with E-state index in [-0.39, 0.29) is 29.8 Å². The van der Waals surface area contributed by atoms with E-state index in [1.807, 2.05) is 0 Å². The summed E-state index contributed by atoms with van der Waals surface area (Å²) in [5.74, 6) is -2.93. The average molecular weight is 566 g/mol. The maximum Gasteiger partial charge on any atom is 0.514 e. The molecule has 0 amide bonds. The van der Waals surface area contributed by atoms with E-state index in [0.29, 0.717) is 5.56 Å². The molecule has 3 atom stereocenters. The Kier molecular flexibility index (Phi) is 11.4. The van der Waals surface area contributed by atoms with Gasteiger partial charge in [-0.25, -0.2) is 9.59 Å². The van der Waals surface area contributed by atoms with Crippen molar-refractivity contribution in [2.75, 3.05) is 0 Å². The summed E-state index contributed by atoms with van der Waals surface area (Å²) in [6.45, 7) is 11.6. The van der Waals surface area contributed by atoms with Crippen LogP contribution in [0.3, 0.4) is 0 Å². The standard InChI is InChI=1S/C29H43NO10/c1-17(36-25(33)18-11-9-8-10-12-18)15-20(23(30)24(31)32)19-13-14-21(37-26(34)39-28(2,3)4)22(16-19)38-27(35)40-29(5,6)7/h13-14,16-18,20,23H,8-12,15,30H2,1-7H3,(H,31,32)/t17?,20?,23-/m0/s1. The Morgan fingerprint density at radius 2 is 1.43 bits per heavy atom.